The highest BCUT2D eigenvalue weighted by atomic mass is 15.3. The van der Waals surface area contributed by atoms with Gasteiger partial charge in [-0.05, 0) is 12.8 Å². The zero-order valence-corrected chi connectivity index (χ0v) is 11.8. The van der Waals surface area contributed by atoms with Crippen molar-refractivity contribution >= 4 is 17.6 Å². The number of hydrogen-bond donors (Lipinski definition) is 3. The quantitative estimate of drug-likeness (QED) is 0.544. The molecule has 1 aromatic heterocycles. The van der Waals surface area contributed by atoms with Crippen molar-refractivity contribution in [2.45, 2.75) is 31.7 Å². The maximum Gasteiger partial charge on any atom is 0.223 e. The first kappa shape index (κ1) is 13.4. The van der Waals surface area contributed by atoms with Crippen molar-refractivity contribution in [3.05, 3.63) is 6.07 Å². The van der Waals surface area contributed by atoms with Crippen LogP contribution in [0.3, 0.4) is 0 Å². The summed E-state index contributed by atoms with van der Waals surface area (Å²) >= 11 is 0. The first-order valence-electron chi connectivity index (χ1n) is 7.36. The van der Waals surface area contributed by atoms with Crippen molar-refractivity contribution in [1.82, 2.24) is 14.9 Å². The van der Waals surface area contributed by atoms with E-state index in [4.69, 9.17) is 11.6 Å². The van der Waals surface area contributed by atoms with Crippen molar-refractivity contribution in [2.24, 2.45) is 5.84 Å². The van der Waals surface area contributed by atoms with E-state index in [-0.39, 0.29) is 5.95 Å². The normalized spacial score (nSPS) is 21.4. The monoisotopic (exact) mass is 277 g/mol. The van der Waals surface area contributed by atoms with E-state index in [0.29, 0.717) is 5.82 Å². The number of nitrogens with zero attached hydrogens (tertiary/aromatic N) is 4. The van der Waals surface area contributed by atoms with Gasteiger partial charge in [-0.25, -0.2) is 5.84 Å². The minimum absolute atomic E-state index is 0.258. The Labute approximate surface area is 119 Å². The number of nitrogens with one attached hydrogen (secondary N) is 1. The maximum atomic E-state index is 5.71. The molecule has 0 bridgehead atoms. The van der Waals surface area contributed by atoms with E-state index < -0.39 is 0 Å². The molecule has 0 spiro atoms. The molecular weight excluding hydrogens is 254 g/mol. The number of hydrogen-bond acceptors (Lipinski definition) is 7. The lowest BCUT2D eigenvalue weighted by atomic mass is 10.2. The number of nitrogen functional groups attached to an aromatic ring is 2. The summed E-state index contributed by atoms with van der Waals surface area (Å²) in [6, 6.07) is 2.65. The van der Waals surface area contributed by atoms with Gasteiger partial charge in [-0.1, -0.05) is 12.8 Å². The topological polar surface area (TPSA) is 96.3 Å². The molecule has 3 rings (SSSR count). The highest BCUT2D eigenvalue weighted by Crippen LogP contribution is 2.25. The van der Waals surface area contributed by atoms with Crippen LogP contribution in [0.5, 0.6) is 0 Å². The molecule has 2 aliphatic rings. The van der Waals surface area contributed by atoms with Crippen molar-refractivity contribution in [3.63, 3.8) is 0 Å². The zero-order valence-electron chi connectivity index (χ0n) is 11.8. The Balaban J connectivity index is 1.64. The predicted octanol–water partition coefficient (Wildman–Crippen LogP) is 0.409. The Hall–Kier alpha value is -1.60. The summed E-state index contributed by atoms with van der Waals surface area (Å²) in [5, 5.41) is 0. The van der Waals surface area contributed by atoms with Crippen LogP contribution in [-0.2, 0) is 0 Å². The lowest BCUT2D eigenvalue weighted by molar-refractivity contribution is 0.187. The van der Waals surface area contributed by atoms with Gasteiger partial charge in [0.2, 0.25) is 5.95 Å². The molecule has 5 N–H and O–H groups in total. The molecule has 7 nitrogen and oxygen atoms in total. The average Bonchev–Trinajstić information content (AvgIpc) is 3.01. The highest BCUT2D eigenvalue weighted by molar-refractivity contribution is 5.52. The molecule has 1 aliphatic carbocycles. The van der Waals surface area contributed by atoms with Crippen LogP contribution in [0.25, 0.3) is 0 Å². The van der Waals surface area contributed by atoms with Crippen LogP contribution in [0.4, 0.5) is 17.6 Å². The molecule has 7 heteroatoms. The van der Waals surface area contributed by atoms with Crippen molar-refractivity contribution in [2.75, 3.05) is 42.2 Å². The molecule has 2 fully saturated rings. The Morgan fingerprint density at radius 3 is 2.45 bits per heavy atom. The van der Waals surface area contributed by atoms with Gasteiger partial charge in [0, 0.05) is 38.3 Å². The van der Waals surface area contributed by atoms with Gasteiger partial charge in [0.25, 0.3) is 0 Å². The second-order valence-corrected chi connectivity index (χ2v) is 5.58. The van der Waals surface area contributed by atoms with Crippen LogP contribution in [0.15, 0.2) is 6.07 Å². The third-order valence-corrected chi connectivity index (χ3v) is 4.36. The third kappa shape index (κ3) is 2.78. The third-order valence-electron chi connectivity index (χ3n) is 4.36. The van der Waals surface area contributed by atoms with E-state index in [0.717, 1.165) is 38.0 Å². The maximum absolute atomic E-state index is 5.71. The van der Waals surface area contributed by atoms with Gasteiger partial charge in [-0.3, -0.25) is 4.90 Å². The molecule has 0 aromatic carbocycles. The lowest BCUT2D eigenvalue weighted by Crippen LogP contribution is -2.50. The van der Waals surface area contributed by atoms with Crippen molar-refractivity contribution in [3.8, 4) is 0 Å². The summed E-state index contributed by atoms with van der Waals surface area (Å²) in [5.41, 5.74) is 8.25. The summed E-state index contributed by atoms with van der Waals surface area (Å²) in [5.74, 6) is 7.08. The predicted molar refractivity (Wildman–Crippen MR) is 80.3 cm³/mol. The lowest BCUT2D eigenvalue weighted by Gasteiger charge is -2.38. The first-order chi connectivity index (χ1) is 9.76. The molecule has 20 heavy (non-hydrogen) atoms. The fourth-order valence-electron chi connectivity index (χ4n) is 3.27. The van der Waals surface area contributed by atoms with E-state index in [9.17, 15) is 0 Å². The molecule has 110 valence electrons. The van der Waals surface area contributed by atoms with Crippen LogP contribution >= 0.6 is 0 Å². The van der Waals surface area contributed by atoms with Gasteiger partial charge < -0.3 is 16.1 Å². The zero-order chi connectivity index (χ0) is 13.9. The number of anilines is 3. The number of aromatic nitrogens is 2. The minimum atomic E-state index is 0.258. The summed E-state index contributed by atoms with van der Waals surface area (Å²) in [7, 11) is 0. The van der Waals surface area contributed by atoms with Crippen molar-refractivity contribution < 1.29 is 0 Å². The van der Waals surface area contributed by atoms with Gasteiger partial charge in [-0.15, -0.1) is 0 Å². The standard InChI is InChI=1S/C13H23N7/c14-13-16-11(18-15)9-12(17-13)20-7-5-19(6-8-20)10-3-1-2-4-10/h9-10H,1-8,15H2,(H3,14,16,17,18). The summed E-state index contributed by atoms with van der Waals surface area (Å²) in [6.45, 7) is 4.16. The van der Waals surface area contributed by atoms with Gasteiger partial charge in [0.05, 0.1) is 0 Å². The molecule has 1 saturated carbocycles. The number of piperazine rings is 1. The fourth-order valence-corrected chi connectivity index (χ4v) is 3.27. The van der Waals surface area contributed by atoms with E-state index in [1.165, 1.54) is 25.7 Å². The Bertz CT molecular complexity index is 450. The van der Waals surface area contributed by atoms with Crippen LogP contribution in [-0.4, -0.2) is 47.1 Å². The second-order valence-electron chi connectivity index (χ2n) is 5.58. The van der Waals surface area contributed by atoms with Crippen LogP contribution < -0.4 is 21.9 Å². The van der Waals surface area contributed by atoms with Gasteiger partial charge >= 0.3 is 0 Å². The first-order valence-corrected chi connectivity index (χ1v) is 7.36. The molecule has 0 radical (unpaired) electrons. The molecular formula is C13H23N7. The molecule has 0 unspecified atom stereocenters. The molecule has 1 saturated heterocycles. The van der Waals surface area contributed by atoms with E-state index in [1.807, 2.05) is 6.07 Å². The van der Waals surface area contributed by atoms with Crippen LogP contribution in [0.1, 0.15) is 25.7 Å². The Morgan fingerprint density at radius 2 is 1.80 bits per heavy atom. The Kier molecular flexibility index (Phi) is 3.88. The Morgan fingerprint density at radius 1 is 1.10 bits per heavy atom. The van der Waals surface area contributed by atoms with Gasteiger partial charge in [-0.2, -0.15) is 9.97 Å². The van der Waals surface area contributed by atoms with Crippen molar-refractivity contribution in [1.29, 1.82) is 0 Å². The van der Waals surface area contributed by atoms with E-state index in [1.54, 1.807) is 0 Å². The second kappa shape index (κ2) is 5.80. The molecule has 1 aromatic rings. The number of hydrazine groups is 1. The minimum Gasteiger partial charge on any atom is -0.368 e. The smallest absolute Gasteiger partial charge is 0.223 e. The molecule has 0 atom stereocenters. The molecule has 1 aliphatic heterocycles. The van der Waals surface area contributed by atoms with E-state index in [2.05, 4.69) is 25.2 Å². The van der Waals surface area contributed by atoms with Crippen LogP contribution in [0, 0.1) is 0 Å². The molecule has 0 amide bonds. The summed E-state index contributed by atoms with van der Waals surface area (Å²) in [4.78, 5) is 13.2. The SMILES string of the molecule is NNc1cc(N2CCN(C3CCCC3)CC2)nc(N)n1. The number of rotatable bonds is 3. The van der Waals surface area contributed by atoms with Gasteiger partial charge in [0.1, 0.15) is 11.6 Å². The molecule has 2 heterocycles. The summed E-state index contributed by atoms with van der Waals surface area (Å²) in [6.07, 6.45) is 5.50. The summed E-state index contributed by atoms with van der Waals surface area (Å²) < 4.78 is 0. The van der Waals surface area contributed by atoms with Crippen LogP contribution in [0.2, 0.25) is 0 Å². The van der Waals surface area contributed by atoms with Gasteiger partial charge in [0.15, 0.2) is 0 Å². The largest absolute Gasteiger partial charge is 0.368 e. The average molecular weight is 277 g/mol. The fraction of sp³-hybridized carbons (Fsp3) is 0.692. The van der Waals surface area contributed by atoms with E-state index >= 15 is 0 Å². The number of nitrogens with two attached hydrogens (primary N) is 2. The highest BCUT2D eigenvalue weighted by Gasteiger charge is 2.26.